The third kappa shape index (κ3) is 4.61. The van der Waals surface area contributed by atoms with Crippen LogP contribution in [0.1, 0.15) is 41.7 Å². The van der Waals surface area contributed by atoms with E-state index in [2.05, 4.69) is 45.1 Å². The largest absolute Gasteiger partial charge is 0.334 e. The molecule has 2 fully saturated rings. The fourth-order valence-electron chi connectivity index (χ4n) is 4.68. The molecule has 0 aliphatic carbocycles. The number of aryl methyl sites for hydroxylation is 1. The van der Waals surface area contributed by atoms with E-state index in [1.807, 2.05) is 11.6 Å². The molecule has 0 saturated carbocycles. The van der Waals surface area contributed by atoms with Gasteiger partial charge in [0, 0.05) is 31.1 Å². The average Bonchev–Trinajstić information content (AvgIpc) is 3.23. The highest BCUT2D eigenvalue weighted by atomic mass is 32.2. The summed E-state index contributed by atoms with van der Waals surface area (Å²) in [7, 11) is 0. The van der Waals surface area contributed by atoms with Crippen molar-refractivity contribution in [2.45, 2.75) is 42.5 Å². The molecule has 0 N–H and O–H groups in total. The molecule has 2 atom stereocenters. The van der Waals surface area contributed by atoms with Crippen LogP contribution in [0.3, 0.4) is 0 Å². The van der Waals surface area contributed by atoms with Gasteiger partial charge in [0.25, 0.3) is 5.91 Å². The zero-order valence-corrected chi connectivity index (χ0v) is 18.2. The molecule has 150 valence electrons. The number of carbonyl (C=O) groups excluding carboxylic acids is 1. The number of thioether (sulfide) groups is 1. The van der Waals surface area contributed by atoms with Crippen molar-refractivity contribution in [1.82, 2.24) is 14.8 Å². The molecular weight excluding hydrogens is 386 g/mol. The molecule has 1 aromatic carbocycles. The lowest BCUT2D eigenvalue weighted by Gasteiger charge is -2.47. The Morgan fingerprint density at radius 2 is 2.11 bits per heavy atom. The summed E-state index contributed by atoms with van der Waals surface area (Å²) in [4.78, 5) is 22.3. The van der Waals surface area contributed by atoms with Gasteiger partial charge >= 0.3 is 0 Å². The van der Waals surface area contributed by atoms with Gasteiger partial charge in [0.15, 0.2) is 0 Å². The van der Waals surface area contributed by atoms with Crippen molar-refractivity contribution in [1.29, 1.82) is 0 Å². The van der Waals surface area contributed by atoms with Crippen molar-refractivity contribution >= 4 is 29.0 Å². The van der Waals surface area contributed by atoms with E-state index in [9.17, 15) is 4.79 Å². The third-order valence-electron chi connectivity index (χ3n) is 6.07. The van der Waals surface area contributed by atoms with Crippen molar-refractivity contribution < 1.29 is 4.79 Å². The maximum absolute atomic E-state index is 13.0. The van der Waals surface area contributed by atoms with E-state index >= 15 is 0 Å². The number of piperidine rings is 2. The van der Waals surface area contributed by atoms with Crippen LogP contribution in [-0.2, 0) is 6.42 Å². The lowest BCUT2D eigenvalue weighted by Crippen LogP contribution is -2.55. The molecule has 2 saturated heterocycles. The predicted octanol–water partition coefficient (Wildman–Crippen LogP) is 4.42. The van der Waals surface area contributed by atoms with Gasteiger partial charge in [-0.15, -0.1) is 11.3 Å². The Bertz CT molecular complexity index is 779. The summed E-state index contributed by atoms with van der Waals surface area (Å²) in [6.45, 7) is 4.29. The molecule has 0 radical (unpaired) electrons. The number of amides is 1. The van der Waals surface area contributed by atoms with Crippen LogP contribution in [0.2, 0.25) is 0 Å². The monoisotopic (exact) mass is 415 g/mol. The summed E-state index contributed by atoms with van der Waals surface area (Å²) in [5.41, 5.74) is 2.07. The van der Waals surface area contributed by atoms with Crippen molar-refractivity contribution in [2.24, 2.45) is 5.92 Å². The molecule has 4 nitrogen and oxygen atoms in total. The molecule has 3 heterocycles. The second-order valence-corrected chi connectivity index (χ2v) is 9.76. The van der Waals surface area contributed by atoms with E-state index in [1.165, 1.54) is 18.4 Å². The topological polar surface area (TPSA) is 36.4 Å². The molecule has 0 unspecified atom stereocenters. The summed E-state index contributed by atoms with van der Waals surface area (Å²) >= 11 is 3.19. The van der Waals surface area contributed by atoms with E-state index in [0.29, 0.717) is 17.7 Å². The highest BCUT2D eigenvalue weighted by Crippen LogP contribution is 2.32. The zero-order chi connectivity index (χ0) is 19.3. The summed E-state index contributed by atoms with van der Waals surface area (Å²) < 4.78 is 0.977. The van der Waals surface area contributed by atoms with Gasteiger partial charge < -0.3 is 9.80 Å². The summed E-state index contributed by atoms with van der Waals surface area (Å²) in [6, 6.07) is 11.2. The quantitative estimate of drug-likeness (QED) is 0.654. The standard InChI is InChI=1S/C22H29N3OS2/c1-27-22-23-19(16-28-22)21(26)25-13-6-10-18-15-24(14-11-20(18)25)12-5-9-17-7-3-2-4-8-17/h2-4,7-8,16,18,20H,5-6,9-15H2,1H3/t18-,20+/m1/s1. The van der Waals surface area contributed by atoms with Crippen molar-refractivity contribution in [3.8, 4) is 0 Å². The number of hydrogen-bond donors (Lipinski definition) is 0. The first-order valence-corrected chi connectivity index (χ1v) is 12.4. The third-order valence-corrected chi connectivity index (χ3v) is 7.94. The minimum Gasteiger partial charge on any atom is -0.334 e. The normalized spacial score (nSPS) is 22.8. The SMILES string of the molecule is CSc1nc(C(=O)N2CCC[C@@H]3CN(CCCc4ccccc4)CC[C@@H]32)cs1. The molecule has 2 aromatic rings. The Morgan fingerprint density at radius 3 is 2.89 bits per heavy atom. The fourth-order valence-corrected chi connectivity index (χ4v) is 5.92. The molecular formula is C22H29N3OS2. The van der Waals surface area contributed by atoms with Crippen LogP contribution >= 0.6 is 23.1 Å². The van der Waals surface area contributed by atoms with Crippen LogP contribution < -0.4 is 0 Å². The Morgan fingerprint density at radius 1 is 1.25 bits per heavy atom. The molecule has 0 spiro atoms. The van der Waals surface area contributed by atoms with Crippen molar-refractivity contribution in [3.05, 3.63) is 47.0 Å². The number of aromatic nitrogens is 1. The number of rotatable bonds is 6. The van der Waals surface area contributed by atoms with E-state index in [-0.39, 0.29) is 5.91 Å². The van der Waals surface area contributed by atoms with Gasteiger partial charge in [0.2, 0.25) is 0 Å². The van der Waals surface area contributed by atoms with Gasteiger partial charge in [-0.05, 0) is 56.4 Å². The molecule has 6 heteroatoms. The average molecular weight is 416 g/mol. The Kier molecular flexibility index (Phi) is 6.70. The van der Waals surface area contributed by atoms with Gasteiger partial charge in [-0.1, -0.05) is 42.1 Å². The molecule has 0 bridgehead atoms. The van der Waals surface area contributed by atoms with Crippen LogP contribution in [0.25, 0.3) is 0 Å². The summed E-state index contributed by atoms with van der Waals surface area (Å²) in [6.07, 6.45) is 7.83. The van der Waals surface area contributed by atoms with Gasteiger partial charge in [-0.2, -0.15) is 0 Å². The Balaban J connectivity index is 1.31. The van der Waals surface area contributed by atoms with Crippen LogP contribution in [0.15, 0.2) is 40.1 Å². The van der Waals surface area contributed by atoms with Crippen LogP contribution in [0.5, 0.6) is 0 Å². The number of benzene rings is 1. The second-order valence-electron chi connectivity index (χ2n) is 7.85. The van der Waals surface area contributed by atoms with E-state index < -0.39 is 0 Å². The highest BCUT2D eigenvalue weighted by molar-refractivity contribution is 8.00. The number of carbonyl (C=O) groups is 1. The maximum atomic E-state index is 13.0. The smallest absolute Gasteiger partial charge is 0.273 e. The Hall–Kier alpha value is -1.37. The number of nitrogens with zero attached hydrogens (tertiary/aromatic N) is 3. The van der Waals surface area contributed by atoms with Crippen LogP contribution in [0.4, 0.5) is 0 Å². The molecule has 1 amide bonds. The highest BCUT2D eigenvalue weighted by Gasteiger charge is 2.38. The fraction of sp³-hybridized carbons (Fsp3) is 0.545. The minimum absolute atomic E-state index is 0.142. The number of thiazole rings is 1. The van der Waals surface area contributed by atoms with Gasteiger partial charge in [-0.3, -0.25) is 4.79 Å². The zero-order valence-electron chi connectivity index (χ0n) is 16.5. The first-order chi connectivity index (χ1) is 13.7. The lowest BCUT2D eigenvalue weighted by atomic mass is 9.83. The summed E-state index contributed by atoms with van der Waals surface area (Å²) in [5, 5.41) is 1.93. The first kappa shape index (κ1) is 19.9. The van der Waals surface area contributed by atoms with E-state index in [4.69, 9.17) is 0 Å². The first-order valence-electron chi connectivity index (χ1n) is 10.3. The molecule has 2 aliphatic rings. The number of hydrogen-bond acceptors (Lipinski definition) is 5. The van der Waals surface area contributed by atoms with E-state index in [1.54, 1.807) is 23.1 Å². The predicted molar refractivity (Wildman–Crippen MR) is 117 cm³/mol. The minimum atomic E-state index is 0.142. The maximum Gasteiger partial charge on any atom is 0.273 e. The second kappa shape index (κ2) is 9.42. The molecule has 28 heavy (non-hydrogen) atoms. The van der Waals surface area contributed by atoms with Crippen molar-refractivity contribution in [3.63, 3.8) is 0 Å². The van der Waals surface area contributed by atoms with E-state index in [0.717, 1.165) is 49.8 Å². The number of likely N-dealkylation sites (tertiary alicyclic amines) is 2. The molecule has 2 aliphatic heterocycles. The Labute approximate surface area is 176 Å². The van der Waals surface area contributed by atoms with Crippen molar-refractivity contribution in [2.75, 3.05) is 32.4 Å². The van der Waals surface area contributed by atoms with Gasteiger partial charge in [-0.25, -0.2) is 4.98 Å². The molecule has 4 rings (SSSR count). The summed E-state index contributed by atoms with van der Waals surface area (Å²) in [5.74, 6) is 0.755. The lowest BCUT2D eigenvalue weighted by molar-refractivity contribution is 0.0196. The van der Waals surface area contributed by atoms with Gasteiger partial charge in [0.1, 0.15) is 10.0 Å². The number of fused-ring (bicyclic) bond motifs is 1. The van der Waals surface area contributed by atoms with Crippen LogP contribution in [-0.4, -0.2) is 59.2 Å². The molecule has 1 aromatic heterocycles. The van der Waals surface area contributed by atoms with Gasteiger partial charge in [0.05, 0.1) is 0 Å². The van der Waals surface area contributed by atoms with Crippen LogP contribution in [0, 0.1) is 5.92 Å².